The number of hydrogen-bond donors (Lipinski definition) is 2. The van der Waals surface area contributed by atoms with Gasteiger partial charge in [-0.2, -0.15) is 0 Å². The zero-order valence-electron chi connectivity index (χ0n) is 17.3. The second-order valence-electron chi connectivity index (χ2n) is 7.22. The highest BCUT2D eigenvalue weighted by Crippen LogP contribution is 2.29. The summed E-state index contributed by atoms with van der Waals surface area (Å²) in [4.78, 5) is 34.1. The smallest absolute Gasteiger partial charge is 0.328 e. The Balaban J connectivity index is 0.000000447. The Bertz CT molecular complexity index is 664. The Morgan fingerprint density at radius 2 is 1.62 bits per heavy atom. The Morgan fingerprint density at radius 3 is 2.07 bits per heavy atom. The fourth-order valence-corrected chi connectivity index (χ4v) is 3.08. The first-order valence-corrected chi connectivity index (χ1v) is 9.82. The van der Waals surface area contributed by atoms with E-state index >= 15 is 0 Å². The van der Waals surface area contributed by atoms with Crippen LogP contribution in [0.4, 0.5) is 0 Å². The highest BCUT2D eigenvalue weighted by molar-refractivity contribution is 5.89. The first kappa shape index (κ1) is 24.4. The van der Waals surface area contributed by atoms with Gasteiger partial charge in [-0.1, -0.05) is 50.6 Å². The summed E-state index contributed by atoms with van der Waals surface area (Å²) in [5.74, 6) is -2.41. The number of rotatable bonds is 7. The normalized spacial score (nSPS) is 17.1. The van der Waals surface area contributed by atoms with Gasteiger partial charge in [0.05, 0.1) is 5.92 Å². The summed E-state index contributed by atoms with van der Waals surface area (Å²) in [6.07, 6.45) is 4.07. The zero-order valence-corrected chi connectivity index (χ0v) is 17.3. The van der Waals surface area contributed by atoms with E-state index in [2.05, 4.69) is 25.8 Å². The Hall–Kier alpha value is -2.67. The van der Waals surface area contributed by atoms with Crippen molar-refractivity contribution in [1.29, 1.82) is 0 Å². The largest absolute Gasteiger partial charge is 0.478 e. The molecule has 7 nitrogen and oxygen atoms in total. The number of benzene rings is 1. The lowest BCUT2D eigenvalue weighted by Crippen LogP contribution is -2.36. The van der Waals surface area contributed by atoms with Crippen LogP contribution in [-0.4, -0.2) is 59.3 Å². The van der Waals surface area contributed by atoms with E-state index in [9.17, 15) is 14.4 Å². The number of aliphatic carboxylic acids is 2. The monoisotopic (exact) mass is 405 g/mol. The molecule has 2 unspecified atom stereocenters. The van der Waals surface area contributed by atoms with Gasteiger partial charge in [0.2, 0.25) is 0 Å². The molecule has 0 spiro atoms. The van der Waals surface area contributed by atoms with Crippen LogP contribution < -0.4 is 0 Å². The standard InChI is InChI=1S/C18H27NO2.C4H4O4/c1-4-14(2)17(15-8-6-5-7-9-15)18(20)21-16-10-12-19(3)13-11-16;5-3(6)1-2-4(7)8/h5-9,14,16-17H,4,10-13H2,1-3H3;1-2H,(H,5,6)(H,7,8)/b;2-1+. The van der Waals surface area contributed by atoms with Crippen LogP contribution in [0.3, 0.4) is 0 Å². The summed E-state index contributed by atoms with van der Waals surface area (Å²) in [6, 6.07) is 10.0. The molecule has 0 radical (unpaired) electrons. The Labute approximate surface area is 172 Å². The van der Waals surface area contributed by atoms with Crippen LogP contribution in [-0.2, 0) is 19.1 Å². The third kappa shape index (κ3) is 9.38. The third-order valence-electron chi connectivity index (χ3n) is 4.94. The molecule has 1 aromatic rings. The molecule has 1 saturated heterocycles. The van der Waals surface area contributed by atoms with Crippen LogP contribution >= 0.6 is 0 Å². The summed E-state index contributed by atoms with van der Waals surface area (Å²) in [6.45, 7) is 6.28. The number of carboxylic acids is 2. The summed E-state index contributed by atoms with van der Waals surface area (Å²) < 4.78 is 5.81. The van der Waals surface area contributed by atoms with Gasteiger partial charge < -0.3 is 19.8 Å². The van der Waals surface area contributed by atoms with Gasteiger partial charge in [-0.15, -0.1) is 0 Å². The molecule has 2 N–H and O–H groups in total. The molecule has 2 rings (SSSR count). The van der Waals surface area contributed by atoms with Crippen LogP contribution in [0.2, 0.25) is 0 Å². The van der Waals surface area contributed by atoms with Crippen molar-refractivity contribution >= 4 is 17.9 Å². The maximum absolute atomic E-state index is 12.7. The minimum absolute atomic E-state index is 0.0508. The van der Waals surface area contributed by atoms with Crippen LogP contribution in [0.5, 0.6) is 0 Å². The van der Waals surface area contributed by atoms with Crippen molar-refractivity contribution in [3.05, 3.63) is 48.0 Å². The van der Waals surface area contributed by atoms with E-state index < -0.39 is 11.9 Å². The molecule has 160 valence electrons. The van der Waals surface area contributed by atoms with Gasteiger partial charge in [0.25, 0.3) is 0 Å². The molecule has 0 bridgehead atoms. The molecule has 1 aliphatic heterocycles. The number of ether oxygens (including phenoxy) is 1. The number of piperidine rings is 1. The second-order valence-corrected chi connectivity index (χ2v) is 7.22. The predicted octanol–water partition coefficient (Wildman–Crippen LogP) is 3.17. The summed E-state index contributed by atoms with van der Waals surface area (Å²) in [7, 11) is 2.12. The van der Waals surface area contributed by atoms with Crippen molar-refractivity contribution in [2.45, 2.75) is 45.1 Å². The average molecular weight is 405 g/mol. The number of carbonyl (C=O) groups is 3. The van der Waals surface area contributed by atoms with Crippen molar-refractivity contribution in [2.24, 2.45) is 5.92 Å². The average Bonchev–Trinajstić information content (AvgIpc) is 2.69. The Kier molecular flexibility index (Phi) is 10.7. The lowest BCUT2D eigenvalue weighted by atomic mass is 9.85. The number of carboxylic acid groups (broad SMARTS) is 2. The van der Waals surface area contributed by atoms with Gasteiger partial charge in [-0.05, 0) is 31.4 Å². The maximum Gasteiger partial charge on any atom is 0.328 e. The molecular formula is C22H31NO6. The van der Waals surface area contributed by atoms with Crippen molar-refractivity contribution in [2.75, 3.05) is 20.1 Å². The molecule has 1 aliphatic rings. The molecular weight excluding hydrogens is 374 g/mol. The van der Waals surface area contributed by atoms with Crippen LogP contribution in [0.25, 0.3) is 0 Å². The second kappa shape index (κ2) is 12.7. The summed E-state index contributed by atoms with van der Waals surface area (Å²) >= 11 is 0. The fraction of sp³-hybridized carbons (Fsp3) is 0.500. The molecule has 1 heterocycles. The van der Waals surface area contributed by atoms with Crippen molar-refractivity contribution in [3.8, 4) is 0 Å². The SMILES string of the molecule is CCC(C)C(C(=O)OC1CCN(C)CC1)c1ccccc1.O=C(O)/C=C/C(=O)O. The third-order valence-corrected chi connectivity index (χ3v) is 4.94. The van der Waals surface area contributed by atoms with E-state index in [0.717, 1.165) is 37.9 Å². The molecule has 1 aromatic carbocycles. The van der Waals surface area contributed by atoms with Gasteiger partial charge in [-0.25, -0.2) is 9.59 Å². The van der Waals surface area contributed by atoms with Gasteiger partial charge >= 0.3 is 17.9 Å². The molecule has 29 heavy (non-hydrogen) atoms. The minimum atomic E-state index is -1.26. The molecule has 0 amide bonds. The number of nitrogens with zero attached hydrogens (tertiary/aromatic N) is 1. The molecule has 0 aromatic heterocycles. The van der Waals surface area contributed by atoms with E-state index in [4.69, 9.17) is 14.9 Å². The van der Waals surface area contributed by atoms with Gasteiger partial charge in [0, 0.05) is 25.2 Å². The molecule has 0 saturated carbocycles. The van der Waals surface area contributed by atoms with Crippen molar-refractivity contribution in [3.63, 3.8) is 0 Å². The first-order chi connectivity index (χ1) is 13.7. The lowest BCUT2D eigenvalue weighted by Gasteiger charge is -2.31. The molecule has 7 heteroatoms. The number of likely N-dealkylation sites (tertiary alicyclic amines) is 1. The first-order valence-electron chi connectivity index (χ1n) is 9.82. The molecule has 0 aliphatic carbocycles. The van der Waals surface area contributed by atoms with Crippen LogP contribution in [0, 0.1) is 5.92 Å². The Morgan fingerprint density at radius 1 is 1.10 bits per heavy atom. The quantitative estimate of drug-likeness (QED) is 0.530. The van der Waals surface area contributed by atoms with E-state index in [1.165, 1.54) is 0 Å². The van der Waals surface area contributed by atoms with Crippen molar-refractivity contribution < 1.29 is 29.3 Å². The van der Waals surface area contributed by atoms with Gasteiger partial charge in [0.15, 0.2) is 0 Å². The van der Waals surface area contributed by atoms with Gasteiger partial charge in [-0.3, -0.25) is 4.79 Å². The zero-order chi connectivity index (χ0) is 21.8. The minimum Gasteiger partial charge on any atom is -0.478 e. The topological polar surface area (TPSA) is 104 Å². The summed E-state index contributed by atoms with van der Waals surface area (Å²) in [5, 5.41) is 15.6. The number of esters is 1. The van der Waals surface area contributed by atoms with Crippen LogP contribution in [0.15, 0.2) is 42.5 Å². The highest BCUT2D eigenvalue weighted by atomic mass is 16.5. The van der Waals surface area contributed by atoms with E-state index in [0.29, 0.717) is 18.1 Å². The predicted molar refractivity (Wildman–Crippen MR) is 110 cm³/mol. The number of hydrogen-bond acceptors (Lipinski definition) is 5. The maximum atomic E-state index is 12.7. The highest BCUT2D eigenvalue weighted by Gasteiger charge is 2.30. The molecule has 2 atom stereocenters. The summed E-state index contributed by atoms with van der Waals surface area (Å²) in [5.41, 5.74) is 1.07. The van der Waals surface area contributed by atoms with Crippen LogP contribution in [0.1, 0.15) is 44.6 Å². The molecule has 1 fully saturated rings. The van der Waals surface area contributed by atoms with Crippen molar-refractivity contribution in [1.82, 2.24) is 4.90 Å². The fourth-order valence-electron chi connectivity index (χ4n) is 3.08. The van der Waals surface area contributed by atoms with E-state index in [1.54, 1.807) is 0 Å². The van der Waals surface area contributed by atoms with Gasteiger partial charge in [0.1, 0.15) is 6.10 Å². The lowest BCUT2D eigenvalue weighted by molar-refractivity contribution is -0.154. The number of carbonyl (C=O) groups excluding carboxylic acids is 1. The van der Waals surface area contributed by atoms with E-state index in [1.807, 2.05) is 30.3 Å². The van der Waals surface area contributed by atoms with E-state index in [-0.39, 0.29) is 18.0 Å².